The molecule has 4 aliphatic rings. The number of carbonyl (C=O) groups excluding carboxylic acids is 15. The quantitative estimate of drug-likeness (QED) is 0.0419. The fourth-order valence-electron chi connectivity index (χ4n) is 18.2. The van der Waals surface area contributed by atoms with E-state index in [-0.39, 0.29) is 128 Å². The minimum absolute atomic E-state index is 0.00274. The molecular formula is C94H134N18O20. The third kappa shape index (κ3) is 27.7. The van der Waals surface area contributed by atoms with Gasteiger partial charge in [-0.1, -0.05) is 133 Å². The van der Waals surface area contributed by atoms with Crippen LogP contribution in [0.25, 0.3) is 21.8 Å². The van der Waals surface area contributed by atoms with Gasteiger partial charge < -0.3 is 109 Å². The number of aromatic nitrogens is 2. The molecule has 18 N–H and O–H groups in total. The van der Waals surface area contributed by atoms with Gasteiger partial charge >= 0.3 is 11.9 Å². The van der Waals surface area contributed by atoms with Crippen LogP contribution in [-0.4, -0.2) is 281 Å². The second-order valence-electron chi connectivity index (χ2n) is 36.4. The van der Waals surface area contributed by atoms with E-state index in [9.17, 15) is 58.5 Å². The number of aryl methyl sites for hydroxylation is 1. The van der Waals surface area contributed by atoms with E-state index in [0.29, 0.717) is 77.0 Å². The molecule has 14 amide bonds. The molecule has 0 spiro atoms. The molecule has 15 atom stereocenters. The third-order valence-corrected chi connectivity index (χ3v) is 25.3. The molecule has 132 heavy (non-hydrogen) atoms. The summed E-state index contributed by atoms with van der Waals surface area (Å²) in [6.45, 7) is 10.9. The van der Waals surface area contributed by atoms with Crippen LogP contribution in [0.5, 0.6) is 0 Å². The average Bonchev–Trinajstić information content (AvgIpc) is 1.63. The fourth-order valence-corrected chi connectivity index (χ4v) is 18.2. The van der Waals surface area contributed by atoms with Gasteiger partial charge in [0.2, 0.25) is 82.7 Å². The highest BCUT2D eigenvalue weighted by Crippen LogP contribution is 2.31. The Morgan fingerprint density at radius 1 is 0.508 bits per heavy atom. The Hall–Kier alpha value is -12.2. The van der Waals surface area contributed by atoms with Gasteiger partial charge in [0.25, 0.3) is 0 Å². The smallest absolute Gasteiger partial charge is 0.323 e. The SMILES string of the molecule is CCCC[C@H]1C(=O)N(C)[C@@H](CCCC)C(=O)N[C@@H](CC(C)C)C(=O)N[C@H](C(N)=O)CCCC(=O)N[C@@H](Cc2ccc(C)cc2)C(=O)N2CCCC[C@H]2C(=O)N[C@@H](CC(=O)O)C(=O)N2CCC[C@H]2C(=O)N[C@@H](CN)C(=O)N[C@@H](CC(C)C)C(=O)N2C[C@H](O)C[C@H]2C(=O)C[C@@H](Cc2c[nH]c3ccccc23)C(=O)N[C@@H](CCN)C(=O)N[C@@H](Cc2cn(CC(=O)O)c3ccccc23)C(=O)N1C. The number of unbranched alkanes of at least 4 members (excludes halogenated alkanes) is 2. The third-order valence-electron chi connectivity index (χ3n) is 25.3. The number of nitrogens with one attached hydrogen (secondary N) is 9. The first-order chi connectivity index (χ1) is 62.8. The van der Waals surface area contributed by atoms with E-state index in [0.717, 1.165) is 15.4 Å². The molecule has 5 aromatic rings. The first-order valence-corrected chi connectivity index (χ1v) is 46.2. The summed E-state index contributed by atoms with van der Waals surface area (Å²) < 4.78 is 1.46. The lowest BCUT2D eigenvalue weighted by Gasteiger charge is -2.38. The number of hydrogen-bond donors (Lipinski definition) is 15. The van der Waals surface area contributed by atoms with E-state index in [1.54, 1.807) is 107 Å². The maximum absolute atomic E-state index is 15.9. The molecular weight excluding hydrogens is 1700 g/mol. The summed E-state index contributed by atoms with van der Waals surface area (Å²) in [5.41, 5.74) is 22.1. The molecule has 4 aliphatic heterocycles. The average molecular weight is 1840 g/mol. The predicted octanol–water partition coefficient (Wildman–Crippen LogP) is 1.91. The van der Waals surface area contributed by atoms with Gasteiger partial charge in [0.15, 0.2) is 5.78 Å². The maximum Gasteiger partial charge on any atom is 0.323 e. The molecule has 9 rings (SSSR count). The number of carbonyl (C=O) groups is 17. The fraction of sp³-hybridized carbons (Fsp3) is 0.585. The Kier molecular flexibility index (Phi) is 38.3. The number of H-pyrrole nitrogens is 1. The number of primary amides is 1. The normalized spacial score (nSPS) is 25.8. The largest absolute Gasteiger partial charge is 0.481 e. The highest BCUT2D eigenvalue weighted by atomic mass is 16.4. The molecule has 3 aromatic carbocycles. The van der Waals surface area contributed by atoms with Crippen molar-refractivity contribution in [1.82, 2.24) is 76.6 Å². The highest BCUT2D eigenvalue weighted by Gasteiger charge is 2.47. The van der Waals surface area contributed by atoms with Crippen LogP contribution in [0.2, 0.25) is 0 Å². The second kappa shape index (κ2) is 48.8. The Morgan fingerprint density at radius 3 is 1.70 bits per heavy atom. The number of Topliss-reactive ketones (excluding diaryl/α,β-unsaturated/α-hetero) is 1. The first kappa shape index (κ1) is 104. The number of aliphatic carboxylic acids is 2. The van der Waals surface area contributed by atoms with E-state index in [4.69, 9.17) is 17.2 Å². The number of likely N-dealkylation sites (N-methyl/N-ethyl adjacent to an activating group) is 2. The summed E-state index contributed by atoms with van der Waals surface area (Å²) in [5, 5.41) is 55.0. The molecule has 0 bridgehead atoms. The van der Waals surface area contributed by atoms with Crippen LogP contribution in [0.15, 0.2) is 85.2 Å². The van der Waals surface area contributed by atoms with E-state index >= 15 is 38.4 Å². The van der Waals surface area contributed by atoms with Crippen molar-refractivity contribution in [3.63, 3.8) is 0 Å². The molecule has 4 saturated heterocycles. The number of hydrogen-bond acceptors (Lipinski definition) is 20. The van der Waals surface area contributed by atoms with E-state index in [2.05, 4.69) is 47.5 Å². The Morgan fingerprint density at radius 2 is 1.06 bits per heavy atom. The zero-order valence-corrected chi connectivity index (χ0v) is 77.1. The number of aliphatic hydroxyl groups excluding tert-OH is 1. The zero-order chi connectivity index (χ0) is 96.5. The van der Waals surface area contributed by atoms with Gasteiger partial charge in [-0.05, 0) is 138 Å². The molecule has 0 saturated carbocycles. The van der Waals surface area contributed by atoms with Crippen LogP contribution in [0.1, 0.15) is 192 Å². The van der Waals surface area contributed by atoms with Crippen LogP contribution in [0.4, 0.5) is 0 Å². The standard InChI is InChI=1S/C94H134N18O20/c1-10-12-26-73-87(125)102-66(40-53(3)4)85(123)100-64(82(97)120)25-20-31-79(115)99-68(42-56-34-32-55(7)33-35-56)91(129)110-38-19-18-29-74(110)88(126)105-70(47-80(116)117)92(130)111-39-21-30-75(111)89(127)106-71(48-96)86(124)103-67(41-54(5)6)93(131)112-51-60(113)46-77(112)78(114)45-57(43-58-49-98-63-24-16-14-22-61(58)63)83(121)101-65(36-37-95)84(122)104-69(90(128)108(9)76(27-13-11-2)94(132)107(73)8)44-59-50-109(52-81(118)119)72-28-17-15-23-62(59)72/h14-17,22-24,28,32-35,49-50,53-54,57,60,64-71,73-77,98,113H,10-13,18-21,25-27,29-31,36-48,51-52,95-96H2,1-9H3,(H2,97,120)(H,99,115)(H,100,123)(H,101,121)(H,102,125)(H,103,124)(H,104,122)(H,105,126)(H,106,127)(H,116,117)(H,118,119)/t57-,60-,64+,65+,66+,67+,68+,69+,70+,71+,73+,74+,75+,76+,77+/m1/s1. The Bertz CT molecular complexity index is 4950. The summed E-state index contributed by atoms with van der Waals surface area (Å²) in [7, 11) is 2.77. The number of amides is 14. The van der Waals surface area contributed by atoms with Gasteiger partial charge in [-0.25, -0.2) is 0 Å². The van der Waals surface area contributed by atoms with Crippen molar-refractivity contribution in [3.8, 4) is 0 Å². The number of para-hydroxylation sites is 2. The molecule has 0 unspecified atom stereocenters. The molecule has 4 fully saturated rings. The lowest BCUT2D eigenvalue weighted by molar-refractivity contribution is -0.149. The van der Waals surface area contributed by atoms with Crippen molar-refractivity contribution in [3.05, 3.63) is 107 Å². The maximum atomic E-state index is 15.9. The van der Waals surface area contributed by atoms with Crippen LogP contribution < -0.4 is 59.7 Å². The van der Waals surface area contributed by atoms with Crippen molar-refractivity contribution in [2.45, 2.75) is 287 Å². The number of benzene rings is 3. The van der Waals surface area contributed by atoms with Crippen molar-refractivity contribution < 1.29 is 96.8 Å². The van der Waals surface area contributed by atoms with E-state index in [1.165, 1.54) is 39.6 Å². The molecule has 6 heterocycles. The summed E-state index contributed by atoms with van der Waals surface area (Å²) in [4.78, 5) is 259. The lowest BCUT2D eigenvalue weighted by atomic mass is 9.90. The number of carboxylic acid groups (broad SMARTS) is 2. The van der Waals surface area contributed by atoms with Gasteiger partial charge in [-0.2, -0.15) is 0 Å². The van der Waals surface area contributed by atoms with Crippen molar-refractivity contribution in [2.24, 2.45) is 35.0 Å². The van der Waals surface area contributed by atoms with E-state index < -0.39 is 223 Å². The van der Waals surface area contributed by atoms with Crippen LogP contribution in [0.3, 0.4) is 0 Å². The predicted molar refractivity (Wildman–Crippen MR) is 488 cm³/mol. The minimum Gasteiger partial charge on any atom is -0.481 e. The number of ketones is 1. The number of carboxylic acids is 2. The van der Waals surface area contributed by atoms with Crippen molar-refractivity contribution >= 4 is 122 Å². The van der Waals surface area contributed by atoms with Crippen LogP contribution in [0, 0.1) is 24.7 Å². The number of aliphatic hydroxyl groups is 1. The summed E-state index contributed by atoms with van der Waals surface area (Å²) in [6.07, 6.45) is 1.32. The number of rotatable bonds is 24. The molecule has 720 valence electrons. The molecule has 0 radical (unpaired) electrons. The van der Waals surface area contributed by atoms with Gasteiger partial charge in [0, 0.05) is 112 Å². The second-order valence-corrected chi connectivity index (χ2v) is 36.4. The van der Waals surface area contributed by atoms with Gasteiger partial charge in [0.05, 0.1) is 18.6 Å². The van der Waals surface area contributed by atoms with Gasteiger partial charge in [-0.15, -0.1) is 0 Å². The van der Waals surface area contributed by atoms with Crippen LogP contribution in [-0.2, 0) is 107 Å². The summed E-state index contributed by atoms with van der Waals surface area (Å²) >= 11 is 0. The van der Waals surface area contributed by atoms with Gasteiger partial charge in [-0.3, -0.25) is 81.5 Å². The molecule has 38 nitrogen and oxygen atoms in total. The summed E-state index contributed by atoms with van der Waals surface area (Å²) in [5.74, 6) is -17.3. The number of fused-ring (bicyclic) bond motifs is 5. The number of nitrogens with two attached hydrogens (primary N) is 3. The van der Waals surface area contributed by atoms with Crippen molar-refractivity contribution in [1.29, 1.82) is 0 Å². The molecule has 38 heteroatoms. The number of nitrogens with zero attached hydrogens (tertiary/aromatic N) is 6. The monoisotopic (exact) mass is 1840 g/mol. The Labute approximate surface area is 768 Å². The summed E-state index contributed by atoms with van der Waals surface area (Å²) in [6, 6.07) is 2.17. The first-order valence-electron chi connectivity index (χ1n) is 46.2. The van der Waals surface area contributed by atoms with Crippen molar-refractivity contribution in [2.75, 3.05) is 46.8 Å². The zero-order valence-electron chi connectivity index (χ0n) is 77.1. The minimum atomic E-state index is -1.82. The van der Waals surface area contributed by atoms with E-state index in [1.807, 2.05) is 20.8 Å². The molecule has 2 aromatic heterocycles. The van der Waals surface area contributed by atoms with Gasteiger partial charge in [0.1, 0.15) is 79.0 Å². The lowest BCUT2D eigenvalue weighted by Crippen LogP contribution is -2.61. The Balaban J connectivity index is 1.09. The topological polar surface area (TPSA) is 562 Å². The number of aromatic amines is 1. The van der Waals surface area contributed by atoms with Crippen LogP contribution >= 0.6 is 0 Å². The number of piperidine rings is 1. The highest BCUT2D eigenvalue weighted by molar-refractivity contribution is 6.02. The molecule has 0 aliphatic carbocycles.